The van der Waals surface area contributed by atoms with Crippen LogP contribution in [-0.4, -0.2) is 109 Å². The van der Waals surface area contributed by atoms with Gasteiger partial charge < -0.3 is 51.2 Å². The number of ether oxygens (including phenoxy) is 3. The van der Waals surface area contributed by atoms with Gasteiger partial charge in [0.15, 0.2) is 0 Å². The van der Waals surface area contributed by atoms with Crippen molar-refractivity contribution in [1.82, 2.24) is 20.5 Å². The van der Waals surface area contributed by atoms with Gasteiger partial charge in [-0.2, -0.15) is 0 Å². The Morgan fingerprint density at radius 2 is 1.57 bits per heavy atom. The number of likely N-dealkylation sites (tertiary alicyclic amines) is 1. The summed E-state index contributed by atoms with van der Waals surface area (Å²) in [6.45, 7) is 7.42. The maximum absolute atomic E-state index is 13.9. The van der Waals surface area contributed by atoms with Crippen LogP contribution in [0, 0.1) is 18.2 Å². The number of rotatable bonds is 19. The molecule has 61 heavy (non-hydrogen) atoms. The van der Waals surface area contributed by atoms with E-state index < -0.39 is 59.0 Å². The van der Waals surface area contributed by atoms with Crippen molar-refractivity contribution in [2.45, 2.75) is 58.8 Å². The molecule has 3 atom stereocenters. The third kappa shape index (κ3) is 13.6. The van der Waals surface area contributed by atoms with E-state index in [-0.39, 0.29) is 70.5 Å². The fraction of sp³-hybridized carbons (Fsp3) is 0.395. The van der Waals surface area contributed by atoms with E-state index in [2.05, 4.69) is 26.3 Å². The first-order valence-electron chi connectivity index (χ1n) is 19.6. The quantitative estimate of drug-likeness (QED) is 0.0586. The molecule has 5 rings (SSSR count). The third-order valence-electron chi connectivity index (χ3n) is 9.61. The van der Waals surface area contributed by atoms with E-state index in [9.17, 15) is 33.5 Å². The second-order valence-corrected chi connectivity index (χ2v) is 16.3. The molecular formula is C43H52FN7O9S. The fourth-order valence-electron chi connectivity index (χ4n) is 6.39. The van der Waals surface area contributed by atoms with E-state index >= 15 is 0 Å². The Hall–Kier alpha value is -5.79. The number of benzene rings is 3. The van der Waals surface area contributed by atoms with Crippen LogP contribution in [-0.2, 0) is 39.9 Å². The van der Waals surface area contributed by atoms with E-state index in [0.717, 1.165) is 27.8 Å². The second kappa shape index (κ2) is 21.6. The molecule has 326 valence electrons. The zero-order valence-electron chi connectivity index (χ0n) is 34.5. The van der Waals surface area contributed by atoms with Crippen LogP contribution in [0.5, 0.6) is 0 Å². The van der Waals surface area contributed by atoms with Crippen molar-refractivity contribution < 1.29 is 47.7 Å². The van der Waals surface area contributed by atoms with Gasteiger partial charge in [-0.05, 0) is 65.9 Å². The fourth-order valence-corrected chi connectivity index (χ4v) is 7.21. The molecule has 0 unspecified atom stereocenters. The Labute approximate surface area is 357 Å². The van der Waals surface area contributed by atoms with Gasteiger partial charge in [-0.3, -0.25) is 24.0 Å². The largest absolute Gasteiger partial charge is 0.397 e. The second-order valence-electron chi connectivity index (χ2n) is 15.5. The lowest BCUT2D eigenvalue weighted by Gasteiger charge is -2.35. The first-order chi connectivity index (χ1) is 29.1. The minimum Gasteiger partial charge on any atom is -0.397 e. The number of nitrogen functional groups attached to an aromatic ring is 1. The summed E-state index contributed by atoms with van der Waals surface area (Å²) in [7, 11) is 0. The highest BCUT2D eigenvalue weighted by atomic mass is 32.1. The smallest absolute Gasteiger partial charge is 0.255 e. The number of aliphatic hydroxyl groups is 1. The Kier molecular flexibility index (Phi) is 16.4. The SMILES string of the molecule is Cc1ncsc1-c1ccc(CNC(=O)[C@@H]2C[C@@H](O)CN2C(=O)[C@H](NC(=O)COCCOCCOCC(=O)Nc2ccc(C(=O)Nc3ccc(F)cc3N)cc2)C(C)(C)C)cc1. The summed E-state index contributed by atoms with van der Waals surface area (Å²) in [5.74, 6) is -2.80. The average molecular weight is 862 g/mol. The Morgan fingerprint density at radius 3 is 2.20 bits per heavy atom. The molecule has 0 saturated carbocycles. The molecule has 2 heterocycles. The summed E-state index contributed by atoms with van der Waals surface area (Å²) >= 11 is 1.56. The van der Waals surface area contributed by atoms with E-state index in [1.807, 2.05) is 31.2 Å². The van der Waals surface area contributed by atoms with Crippen molar-refractivity contribution in [3.63, 3.8) is 0 Å². The number of halogens is 1. The van der Waals surface area contributed by atoms with Gasteiger partial charge >= 0.3 is 0 Å². The lowest BCUT2D eigenvalue weighted by atomic mass is 9.85. The van der Waals surface area contributed by atoms with Crippen molar-refractivity contribution in [1.29, 1.82) is 0 Å². The van der Waals surface area contributed by atoms with Gasteiger partial charge in [0.05, 0.1) is 60.0 Å². The molecule has 1 aliphatic heterocycles. The van der Waals surface area contributed by atoms with E-state index in [4.69, 9.17) is 19.9 Å². The van der Waals surface area contributed by atoms with Crippen LogP contribution in [0.1, 0.15) is 48.8 Å². The number of carbonyl (C=O) groups is 5. The normalized spacial score (nSPS) is 15.5. The summed E-state index contributed by atoms with van der Waals surface area (Å²) in [5, 5.41) is 21.4. The lowest BCUT2D eigenvalue weighted by Crippen LogP contribution is -2.58. The number of nitrogens with one attached hydrogen (secondary N) is 4. The molecule has 1 saturated heterocycles. The monoisotopic (exact) mass is 861 g/mol. The van der Waals surface area contributed by atoms with Crippen LogP contribution < -0.4 is 27.0 Å². The molecule has 4 aromatic rings. The highest BCUT2D eigenvalue weighted by Crippen LogP contribution is 2.28. The number of hydrogen-bond donors (Lipinski definition) is 6. The lowest BCUT2D eigenvalue weighted by molar-refractivity contribution is -0.144. The van der Waals surface area contributed by atoms with Crippen LogP contribution >= 0.6 is 11.3 Å². The molecule has 0 spiro atoms. The number of aryl methyl sites for hydroxylation is 1. The molecule has 0 bridgehead atoms. The Morgan fingerprint density at radius 1 is 0.918 bits per heavy atom. The molecule has 1 aliphatic rings. The average Bonchev–Trinajstić information content (AvgIpc) is 3.84. The number of carbonyl (C=O) groups excluding carboxylic acids is 5. The standard InChI is InChI=1S/C43H52FN7O9S/c1-26-38(61-25-47-26)28-7-5-27(6-8-28)21-46-41(56)35-20-32(52)22-51(35)42(57)39(43(2,3)4)50-37(54)24-60-18-16-58-15-17-59-23-36(53)48-31-12-9-29(10-13-31)40(55)49-34-14-11-30(44)19-33(34)45/h5-14,19,25,32,35,39,52H,15-18,20-24,45H2,1-4H3,(H,46,56)(H,48,53)(H,49,55)(H,50,54)/t32-,35+,39+/m1/s1. The summed E-state index contributed by atoms with van der Waals surface area (Å²) in [6, 6.07) is 15.7. The van der Waals surface area contributed by atoms with E-state index in [1.54, 1.807) is 49.8 Å². The van der Waals surface area contributed by atoms with Gasteiger partial charge in [-0.15, -0.1) is 11.3 Å². The van der Waals surface area contributed by atoms with Crippen molar-refractivity contribution in [2.75, 3.05) is 62.6 Å². The summed E-state index contributed by atoms with van der Waals surface area (Å²) in [4.78, 5) is 71.6. The van der Waals surface area contributed by atoms with Gasteiger partial charge in [-0.25, -0.2) is 9.37 Å². The number of hydrogen-bond acceptors (Lipinski definition) is 12. The van der Waals surface area contributed by atoms with Gasteiger partial charge in [0, 0.05) is 30.8 Å². The highest BCUT2D eigenvalue weighted by molar-refractivity contribution is 7.13. The number of aliphatic hydroxyl groups excluding tert-OH is 1. The predicted octanol–water partition coefficient (Wildman–Crippen LogP) is 3.89. The number of nitrogens with zero attached hydrogens (tertiary/aromatic N) is 2. The van der Waals surface area contributed by atoms with Gasteiger partial charge in [0.2, 0.25) is 23.6 Å². The number of amides is 5. The van der Waals surface area contributed by atoms with Crippen LogP contribution in [0.25, 0.3) is 10.4 Å². The number of β-amino-alcohol motifs (C(OH)–C–C–N with tert-alkyl or cyclic N) is 1. The first kappa shape index (κ1) is 46.3. The van der Waals surface area contributed by atoms with Crippen molar-refractivity contribution >= 4 is 57.9 Å². The minimum absolute atomic E-state index is 0.0433. The number of anilines is 3. The number of nitrogens with two attached hydrogens (primary N) is 1. The van der Waals surface area contributed by atoms with Crippen LogP contribution in [0.2, 0.25) is 0 Å². The Balaban J connectivity index is 0.961. The summed E-state index contributed by atoms with van der Waals surface area (Å²) in [5.41, 5.74) is 10.8. The maximum Gasteiger partial charge on any atom is 0.255 e. The van der Waals surface area contributed by atoms with Crippen LogP contribution in [0.15, 0.2) is 72.2 Å². The molecule has 16 nitrogen and oxygen atoms in total. The predicted molar refractivity (Wildman–Crippen MR) is 228 cm³/mol. The first-order valence-corrected chi connectivity index (χ1v) is 20.5. The zero-order valence-corrected chi connectivity index (χ0v) is 35.3. The van der Waals surface area contributed by atoms with E-state index in [0.29, 0.717) is 11.3 Å². The number of thiazole rings is 1. The van der Waals surface area contributed by atoms with Crippen molar-refractivity contribution in [3.05, 3.63) is 94.9 Å². The molecule has 0 aliphatic carbocycles. The molecular weight excluding hydrogens is 810 g/mol. The van der Waals surface area contributed by atoms with E-state index in [1.165, 1.54) is 29.2 Å². The molecule has 3 aromatic carbocycles. The highest BCUT2D eigenvalue weighted by Gasteiger charge is 2.44. The molecule has 1 aromatic heterocycles. The van der Waals surface area contributed by atoms with Gasteiger partial charge in [0.1, 0.15) is 31.1 Å². The topological polar surface area (TPSA) is 224 Å². The van der Waals surface area contributed by atoms with Crippen molar-refractivity contribution in [2.24, 2.45) is 5.41 Å². The van der Waals surface area contributed by atoms with Crippen LogP contribution in [0.4, 0.5) is 21.5 Å². The van der Waals surface area contributed by atoms with Gasteiger partial charge in [-0.1, -0.05) is 45.0 Å². The van der Waals surface area contributed by atoms with Crippen LogP contribution in [0.3, 0.4) is 0 Å². The molecule has 0 radical (unpaired) electrons. The van der Waals surface area contributed by atoms with Gasteiger partial charge in [0.25, 0.3) is 5.91 Å². The molecule has 7 N–H and O–H groups in total. The third-order valence-corrected chi connectivity index (χ3v) is 10.6. The molecule has 5 amide bonds. The summed E-state index contributed by atoms with van der Waals surface area (Å²) in [6.07, 6.45) is -0.822. The Bertz CT molecular complexity index is 2140. The maximum atomic E-state index is 13.9. The minimum atomic E-state index is -1.00. The zero-order chi connectivity index (χ0) is 44.1. The summed E-state index contributed by atoms with van der Waals surface area (Å²) < 4.78 is 29.6. The number of aromatic nitrogens is 1. The molecule has 1 fully saturated rings. The molecule has 18 heteroatoms. The van der Waals surface area contributed by atoms with Crippen molar-refractivity contribution in [3.8, 4) is 10.4 Å².